The highest BCUT2D eigenvalue weighted by molar-refractivity contribution is 6.86. The van der Waals surface area contributed by atoms with Gasteiger partial charge in [0.25, 0.3) is 7.41 Å². The van der Waals surface area contributed by atoms with E-state index >= 15 is 0 Å². The Labute approximate surface area is 149 Å². The van der Waals surface area contributed by atoms with E-state index in [9.17, 15) is 4.39 Å². The minimum Gasteiger partial charge on any atom is -0.448 e. The summed E-state index contributed by atoms with van der Waals surface area (Å²) in [7, 11) is 1.28. The van der Waals surface area contributed by atoms with Crippen LogP contribution in [0.15, 0.2) is 48.7 Å². The third kappa shape index (κ3) is 7.46. The number of rotatable bonds is 2. The summed E-state index contributed by atoms with van der Waals surface area (Å²) in [5, 5.41) is 0.340. The monoisotopic (exact) mass is 378 g/mol. The summed E-state index contributed by atoms with van der Waals surface area (Å²) in [6, 6.07) is 10.6. The molecular formula is C17H26BF5NSi. The molecular weight excluding hydrogens is 352 g/mol. The Bertz CT molecular complexity index is 516. The van der Waals surface area contributed by atoms with Gasteiger partial charge in [0, 0.05) is 18.3 Å². The largest absolute Gasteiger partial charge is 0.448 e. The average Bonchev–Trinajstić information content (AvgIpc) is 2.66. The number of nitrogens with zero attached hydrogens (tertiary/aromatic N) is 1. The Morgan fingerprint density at radius 1 is 0.920 bits per heavy atom. The van der Waals surface area contributed by atoms with Crippen LogP contribution >= 0.6 is 0 Å². The average molecular weight is 378 g/mol. The first-order valence-corrected chi connectivity index (χ1v) is 10.5. The predicted molar refractivity (Wildman–Crippen MR) is 99.8 cm³/mol. The van der Waals surface area contributed by atoms with Gasteiger partial charge in [-0.25, -0.2) is 0 Å². The van der Waals surface area contributed by atoms with Crippen LogP contribution < -0.4 is 0 Å². The predicted octanol–water partition coefficient (Wildman–Crippen LogP) is 6.75. The highest BCUT2D eigenvalue weighted by Gasteiger charge is 2.40. The lowest BCUT2D eigenvalue weighted by molar-refractivity contribution is 0.108. The molecule has 0 spiro atoms. The van der Waals surface area contributed by atoms with E-state index in [0.717, 1.165) is 0 Å². The molecule has 1 heterocycles. The molecule has 0 saturated heterocycles. The van der Waals surface area contributed by atoms with Crippen molar-refractivity contribution >= 4 is 21.1 Å². The van der Waals surface area contributed by atoms with Gasteiger partial charge in [0.1, 0.15) is 8.24 Å². The lowest BCUT2D eigenvalue weighted by atomic mass is 9.76. The van der Waals surface area contributed by atoms with Crippen molar-refractivity contribution in [1.29, 1.82) is 0 Å². The molecule has 0 fully saturated rings. The molecule has 1 aromatic rings. The van der Waals surface area contributed by atoms with Crippen molar-refractivity contribution < 1.29 is 22.7 Å². The smallest absolute Gasteiger partial charge is 0.276 e. The van der Waals surface area contributed by atoms with Crippen molar-refractivity contribution in [1.82, 2.24) is 4.48 Å². The first-order chi connectivity index (χ1) is 11.8. The zero-order valence-electron chi connectivity index (χ0n) is 15.5. The van der Waals surface area contributed by atoms with Gasteiger partial charge in [0.2, 0.25) is 0 Å². The van der Waals surface area contributed by atoms with Crippen LogP contribution in [0.2, 0.25) is 18.1 Å². The standard InChI is InChI=1S/C16H23BNSi.CH3F.2F2/c1-16(2,3)19(4,5)18-13-9-12-15(17-18)14-10-7-6-8-11-14;3*1-2/h6-13H,1-5H3;1H3;;. The SMILES string of the molecule is CC(C)(C)[Si](C)(C)N1[B]C(c2ccccc2)=CC=C1.CF.FF.FF. The van der Waals surface area contributed by atoms with Crippen molar-refractivity contribution in [3.8, 4) is 0 Å². The zero-order chi connectivity index (χ0) is 20.1. The van der Waals surface area contributed by atoms with E-state index in [1.165, 1.54) is 11.0 Å². The van der Waals surface area contributed by atoms with E-state index < -0.39 is 8.24 Å². The van der Waals surface area contributed by atoms with Gasteiger partial charge >= 0.3 is 0 Å². The highest BCUT2D eigenvalue weighted by Crippen LogP contribution is 2.39. The van der Waals surface area contributed by atoms with Crippen LogP contribution in [0, 0.1) is 0 Å². The molecule has 141 valence electrons. The molecule has 1 aromatic carbocycles. The number of allylic oxidation sites excluding steroid dienone is 2. The molecule has 0 saturated carbocycles. The van der Waals surface area contributed by atoms with Gasteiger partial charge in [0.05, 0.1) is 7.18 Å². The normalized spacial score (nSPS) is 12.9. The lowest BCUT2D eigenvalue weighted by Gasteiger charge is -2.47. The molecule has 1 radical (unpaired) electrons. The molecule has 1 aliphatic heterocycles. The van der Waals surface area contributed by atoms with E-state index in [1.54, 1.807) is 0 Å². The lowest BCUT2D eigenvalue weighted by Crippen LogP contribution is -2.54. The van der Waals surface area contributed by atoms with Crippen molar-refractivity contribution in [3.05, 3.63) is 54.2 Å². The Kier molecular flexibility index (Phi) is 13.1. The van der Waals surface area contributed by atoms with Crippen LogP contribution in [0.25, 0.3) is 5.47 Å². The maximum Gasteiger partial charge on any atom is 0.276 e. The summed E-state index contributed by atoms with van der Waals surface area (Å²) in [6.45, 7) is 11.9. The van der Waals surface area contributed by atoms with Crippen LogP contribution in [-0.2, 0) is 0 Å². The zero-order valence-corrected chi connectivity index (χ0v) is 16.5. The molecule has 8 heteroatoms. The second kappa shape index (κ2) is 12.7. The van der Waals surface area contributed by atoms with Gasteiger partial charge in [-0.05, 0) is 22.9 Å². The number of benzene rings is 1. The van der Waals surface area contributed by atoms with Gasteiger partial charge in [0.15, 0.2) is 0 Å². The number of hydrogen-bond donors (Lipinski definition) is 0. The molecule has 1 nitrogen and oxygen atoms in total. The van der Waals surface area contributed by atoms with Crippen molar-refractivity contribution in [3.63, 3.8) is 0 Å². The molecule has 2 rings (SSSR count). The maximum atomic E-state index is 9.50. The fourth-order valence-electron chi connectivity index (χ4n) is 2.01. The molecule has 0 N–H and O–H groups in total. The van der Waals surface area contributed by atoms with Crippen molar-refractivity contribution in [2.75, 3.05) is 7.18 Å². The van der Waals surface area contributed by atoms with E-state index in [4.69, 9.17) is 18.3 Å². The summed E-state index contributed by atoms with van der Waals surface area (Å²) >= 11 is 0. The van der Waals surface area contributed by atoms with Crippen molar-refractivity contribution in [2.24, 2.45) is 0 Å². The van der Waals surface area contributed by atoms with Crippen LogP contribution in [0.4, 0.5) is 22.7 Å². The second-order valence-electron chi connectivity index (χ2n) is 6.67. The number of hydrogen-bond acceptors (Lipinski definition) is 1. The van der Waals surface area contributed by atoms with Gasteiger partial charge in [-0.15, -0.1) is 0 Å². The molecule has 25 heavy (non-hydrogen) atoms. The summed E-state index contributed by atoms with van der Waals surface area (Å²) < 4.78 is 44.0. The molecule has 0 bridgehead atoms. The Balaban J connectivity index is 0. The maximum absolute atomic E-state index is 9.50. The minimum absolute atomic E-state index is 0.340. The van der Waals surface area contributed by atoms with E-state index in [2.05, 4.69) is 94.4 Å². The fraction of sp³-hybridized carbons (Fsp3) is 0.412. The number of halogens is 5. The first-order valence-electron chi connectivity index (χ1n) is 7.56. The van der Waals surface area contributed by atoms with E-state index in [-0.39, 0.29) is 0 Å². The Morgan fingerprint density at radius 2 is 1.40 bits per heavy atom. The summed E-state index contributed by atoms with van der Waals surface area (Å²) in [5.74, 6) is 0. The number of alkyl halides is 1. The summed E-state index contributed by atoms with van der Waals surface area (Å²) in [4.78, 5) is 0. The van der Waals surface area contributed by atoms with Gasteiger partial charge in [-0.3, -0.25) is 4.39 Å². The quantitative estimate of drug-likeness (QED) is 0.407. The molecule has 0 unspecified atom stereocenters. The third-order valence-corrected chi connectivity index (χ3v) is 9.63. The molecule has 1 aliphatic rings. The van der Waals surface area contributed by atoms with Crippen LogP contribution in [-0.4, -0.2) is 27.3 Å². The molecule has 0 aliphatic carbocycles. The van der Waals surface area contributed by atoms with E-state index in [1.807, 2.05) is 0 Å². The molecule has 0 amide bonds. The summed E-state index contributed by atoms with van der Waals surface area (Å²) in [6.07, 6.45) is 6.59. The Morgan fingerprint density at radius 3 is 1.84 bits per heavy atom. The molecule has 0 aromatic heterocycles. The minimum atomic E-state index is -1.53. The fourth-order valence-corrected chi connectivity index (χ4v) is 3.71. The van der Waals surface area contributed by atoms with Crippen LogP contribution in [0.3, 0.4) is 0 Å². The second-order valence-corrected chi connectivity index (χ2v) is 11.8. The van der Waals surface area contributed by atoms with Crippen molar-refractivity contribution in [2.45, 2.75) is 38.9 Å². The van der Waals surface area contributed by atoms with Gasteiger partial charge in [-0.1, -0.05) is 75.7 Å². The molecule has 0 atom stereocenters. The third-order valence-electron chi connectivity index (χ3n) is 4.39. The Hall–Kier alpha value is -1.57. The van der Waals surface area contributed by atoms with Gasteiger partial charge < -0.3 is 4.48 Å². The van der Waals surface area contributed by atoms with E-state index in [0.29, 0.717) is 12.2 Å². The highest BCUT2D eigenvalue weighted by atomic mass is 28.3. The van der Waals surface area contributed by atoms with Gasteiger partial charge in [-0.2, -0.15) is 0 Å². The summed E-state index contributed by atoms with van der Waals surface area (Å²) in [5.41, 5.74) is 2.59. The first kappa shape index (κ1) is 25.7. The van der Waals surface area contributed by atoms with Crippen LogP contribution in [0.5, 0.6) is 0 Å². The van der Waals surface area contributed by atoms with Crippen LogP contribution in [0.1, 0.15) is 26.3 Å². The topological polar surface area (TPSA) is 3.24 Å².